The van der Waals surface area contributed by atoms with Crippen molar-refractivity contribution in [3.63, 3.8) is 0 Å². The van der Waals surface area contributed by atoms with E-state index in [-0.39, 0.29) is 17.7 Å². The van der Waals surface area contributed by atoms with Gasteiger partial charge in [-0.2, -0.15) is 0 Å². The Kier molecular flexibility index (Phi) is 2.34. The summed E-state index contributed by atoms with van der Waals surface area (Å²) in [6.07, 6.45) is 2.47. The summed E-state index contributed by atoms with van der Waals surface area (Å²) in [6.45, 7) is 4.73. The molecule has 82 valence electrons. The molecular weight excluding hydrogens is 180 g/mol. The Morgan fingerprint density at radius 3 is 2.43 bits per heavy atom. The fourth-order valence-corrected chi connectivity index (χ4v) is 2.30. The van der Waals surface area contributed by atoms with E-state index in [9.17, 15) is 0 Å². The Morgan fingerprint density at radius 1 is 1.21 bits per heavy atom. The van der Waals surface area contributed by atoms with Crippen LogP contribution in [0.1, 0.15) is 33.1 Å². The fraction of sp³-hybridized carbons (Fsp3) is 1.00. The van der Waals surface area contributed by atoms with Crippen molar-refractivity contribution in [2.45, 2.75) is 56.6 Å². The van der Waals surface area contributed by atoms with E-state index < -0.39 is 5.79 Å². The van der Waals surface area contributed by atoms with E-state index in [1.165, 1.54) is 0 Å². The van der Waals surface area contributed by atoms with Crippen LogP contribution >= 0.6 is 0 Å². The van der Waals surface area contributed by atoms with Crippen molar-refractivity contribution in [2.75, 3.05) is 6.61 Å². The Hall–Kier alpha value is -0.160. The second-order valence-corrected chi connectivity index (χ2v) is 5.13. The molecule has 2 fully saturated rings. The van der Waals surface area contributed by atoms with Gasteiger partial charge in [0.05, 0.1) is 12.2 Å². The third kappa shape index (κ3) is 1.80. The van der Waals surface area contributed by atoms with Crippen LogP contribution in [0.4, 0.5) is 0 Å². The topological polar surface area (TPSA) is 70.5 Å². The molecule has 4 N–H and O–H groups in total. The van der Waals surface area contributed by atoms with Crippen LogP contribution in [0.5, 0.6) is 0 Å². The Balaban J connectivity index is 2.05. The van der Waals surface area contributed by atoms with E-state index in [1.54, 1.807) is 0 Å². The zero-order chi connectivity index (χ0) is 10.4. The minimum absolute atomic E-state index is 0.00218. The third-order valence-electron chi connectivity index (χ3n) is 3.10. The zero-order valence-corrected chi connectivity index (χ0v) is 8.95. The summed E-state index contributed by atoms with van der Waals surface area (Å²) < 4.78 is 11.7. The highest BCUT2D eigenvalue weighted by Crippen LogP contribution is 2.40. The van der Waals surface area contributed by atoms with Gasteiger partial charge in [0.25, 0.3) is 0 Å². The molecule has 1 heterocycles. The van der Waals surface area contributed by atoms with E-state index in [0.717, 1.165) is 19.3 Å². The van der Waals surface area contributed by atoms with Gasteiger partial charge in [0.15, 0.2) is 5.79 Å². The fourth-order valence-electron chi connectivity index (χ4n) is 2.30. The lowest BCUT2D eigenvalue weighted by Gasteiger charge is -2.39. The first-order chi connectivity index (χ1) is 6.43. The molecule has 2 rings (SSSR count). The minimum Gasteiger partial charge on any atom is -0.347 e. The van der Waals surface area contributed by atoms with Crippen LogP contribution in [0.3, 0.4) is 0 Å². The van der Waals surface area contributed by atoms with E-state index in [1.807, 2.05) is 13.8 Å². The van der Waals surface area contributed by atoms with Gasteiger partial charge >= 0.3 is 0 Å². The molecule has 1 aliphatic carbocycles. The Morgan fingerprint density at radius 2 is 1.93 bits per heavy atom. The normalized spacial score (nSPS) is 47.1. The summed E-state index contributed by atoms with van der Waals surface area (Å²) in [4.78, 5) is 0. The predicted molar refractivity (Wildman–Crippen MR) is 53.6 cm³/mol. The van der Waals surface area contributed by atoms with Gasteiger partial charge in [-0.05, 0) is 20.3 Å². The molecule has 4 heteroatoms. The molecular formula is C10H20N2O2. The van der Waals surface area contributed by atoms with E-state index in [2.05, 4.69) is 0 Å². The number of hydrogen-bond acceptors (Lipinski definition) is 4. The molecule has 4 nitrogen and oxygen atoms in total. The molecule has 14 heavy (non-hydrogen) atoms. The lowest BCUT2D eigenvalue weighted by Crippen LogP contribution is -2.53. The van der Waals surface area contributed by atoms with Crippen molar-refractivity contribution in [1.82, 2.24) is 0 Å². The second kappa shape index (κ2) is 3.17. The van der Waals surface area contributed by atoms with Gasteiger partial charge in [0, 0.05) is 24.9 Å². The first kappa shape index (κ1) is 10.4. The quantitative estimate of drug-likeness (QED) is 0.592. The maximum absolute atomic E-state index is 5.94. The first-order valence-corrected chi connectivity index (χ1v) is 5.28. The highest BCUT2D eigenvalue weighted by Gasteiger charge is 2.49. The molecule has 3 atom stereocenters. The van der Waals surface area contributed by atoms with E-state index in [0.29, 0.717) is 6.61 Å². The van der Waals surface area contributed by atoms with Crippen LogP contribution in [-0.4, -0.2) is 30.1 Å². The van der Waals surface area contributed by atoms with Crippen LogP contribution < -0.4 is 11.5 Å². The lowest BCUT2D eigenvalue weighted by molar-refractivity contribution is -0.203. The SMILES string of the molecule is CC1(C)COC2(CCC(N)C(N)C2)O1. The Labute approximate surface area is 84.9 Å². The average Bonchev–Trinajstić information content (AvgIpc) is 2.36. The summed E-state index contributed by atoms with van der Waals surface area (Å²) in [6, 6.07) is 0.0918. The van der Waals surface area contributed by atoms with Crippen molar-refractivity contribution in [2.24, 2.45) is 11.5 Å². The van der Waals surface area contributed by atoms with E-state index >= 15 is 0 Å². The molecule has 1 saturated heterocycles. The van der Waals surface area contributed by atoms with Gasteiger partial charge in [-0.25, -0.2) is 0 Å². The Bertz CT molecular complexity index is 232. The van der Waals surface area contributed by atoms with Gasteiger partial charge in [-0.15, -0.1) is 0 Å². The van der Waals surface area contributed by atoms with Crippen molar-refractivity contribution in [3.05, 3.63) is 0 Å². The van der Waals surface area contributed by atoms with Gasteiger partial charge in [0.2, 0.25) is 0 Å². The van der Waals surface area contributed by atoms with Crippen molar-refractivity contribution in [1.29, 1.82) is 0 Å². The van der Waals surface area contributed by atoms with Crippen molar-refractivity contribution < 1.29 is 9.47 Å². The average molecular weight is 200 g/mol. The summed E-state index contributed by atoms with van der Waals surface area (Å²) in [5.41, 5.74) is 11.6. The molecule has 0 bridgehead atoms. The summed E-state index contributed by atoms with van der Waals surface area (Å²) in [7, 11) is 0. The monoisotopic (exact) mass is 200 g/mol. The zero-order valence-electron chi connectivity index (χ0n) is 8.95. The van der Waals surface area contributed by atoms with E-state index in [4.69, 9.17) is 20.9 Å². The molecule has 0 aromatic heterocycles. The highest BCUT2D eigenvalue weighted by atomic mass is 16.8. The van der Waals surface area contributed by atoms with Crippen LogP contribution in [-0.2, 0) is 9.47 Å². The number of ether oxygens (including phenoxy) is 2. The molecule has 0 radical (unpaired) electrons. The summed E-state index contributed by atoms with van der Waals surface area (Å²) in [5.74, 6) is -0.446. The largest absolute Gasteiger partial charge is 0.347 e. The van der Waals surface area contributed by atoms with Crippen LogP contribution in [0.2, 0.25) is 0 Å². The number of hydrogen-bond donors (Lipinski definition) is 2. The van der Waals surface area contributed by atoms with Crippen LogP contribution in [0.25, 0.3) is 0 Å². The van der Waals surface area contributed by atoms with Gasteiger partial charge < -0.3 is 20.9 Å². The third-order valence-corrected chi connectivity index (χ3v) is 3.10. The van der Waals surface area contributed by atoms with Crippen LogP contribution in [0.15, 0.2) is 0 Å². The molecule has 0 amide bonds. The smallest absolute Gasteiger partial charge is 0.170 e. The molecule has 3 unspecified atom stereocenters. The maximum atomic E-state index is 5.94. The second-order valence-electron chi connectivity index (χ2n) is 5.13. The van der Waals surface area contributed by atoms with Gasteiger partial charge in [-0.1, -0.05) is 0 Å². The van der Waals surface area contributed by atoms with Gasteiger partial charge in [-0.3, -0.25) is 0 Å². The predicted octanol–water partition coefficient (Wildman–Crippen LogP) is 0.347. The maximum Gasteiger partial charge on any atom is 0.170 e. The lowest BCUT2D eigenvalue weighted by atomic mass is 9.87. The van der Waals surface area contributed by atoms with Crippen molar-refractivity contribution in [3.8, 4) is 0 Å². The standard InChI is InChI=1S/C10H20N2O2/c1-9(2)6-13-10(14-9)4-3-7(11)8(12)5-10/h7-8H,3-6,11-12H2,1-2H3. The molecule has 2 aliphatic rings. The molecule has 1 aliphatic heterocycles. The minimum atomic E-state index is -0.446. The number of rotatable bonds is 0. The molecule has 0 aromatic carbocycles. The summed E-state index contributed by atoms with van der Waals surface area (Å²) >= 11 is 0. The molecule has 0 aromatic rings. The first-order valence-electron chi connectivity index (χ1n) is 5.28. The van der Waals surface area contributed by atoms with Crippen LogP contribution in [0, 0.1) is 0 Å². The summed E-state index contributed by atoms with van der Waals surface area (Å²) in [5, 5.41) is 0. The number of nitrogens with two attached hydrogens (primary N) is 2. The molecule has 1 saturated carbocycles. The molecule has 1 spiro atoms. The van der Waals surface area contributed by atoms with Crippen molar-refractivity contribution >= 4 is 0 Å². The highest BCUT2D eigenvalue weighted by molar-refractivity contribution is 4.95. The van der Waals surface area contributed by atoms with Gasteiger partial charge in [0.1, 0.15) is 0 Å².